The van der Waals surface area contributed by atoms with Gasteiger partial charge in [-0.3, -0.25) is 14.3 Å². The first-order valence-corrected chi connectivity index (χ1v) is 9.84. The molecule has 1 saturated heterocycles. The van der Waals surface area contributed by atoms with E-state index in [-0.39, 0.29) is 5.56 Å². The van der Waals surface area contributed by atoms with Crippen LogP contribution in [0.5, 0.6) is 0 Å². The van der Waals surface area contributed by atoms with Gasteiger partial charge in [-0.05, 0) is 44.0 Å². The van der Waals surface area contributed by atoms with Crippen molar-refractivity contribution in [3.63, 3.8) is 0 Å². The fourth-order valence-electron chi connectivity index (χ4n) is 3.80. The van der Waals surface area contributed by atoms with Crippen LogP contribution in [0.4, 0.5) is 0 Å². The highest BCUT2D eigenvalue weighted by atomic mass is 16.1. The maximum Gasteiger partial charge on any atom is 0.253 e. The number of piperidine rings is 1. The van der Waals surface area contributed by atoms with Gasteiger partial charge in [0.2, 0.25) is 0 Å². The monoisotopic (exact) mass is 378 g/mol. The molecule has 0 atom stereocenters. The molecule has 7 nitrogen and oxygen atoms in total. The lowest BCUT2D eigenvalue weighted by Crippen LogP contribution is -2.37. The molecule has 1 aliphatic heterocycles. The standard InChI is InChI=1S/C21H26N6O/c1-25-12-8-23-20(25)6-11-26-9-4-17(5-10-26)15-27-16-24-19(13-21(27)28)18-3-2-7-22-14-18/h2-3,7-8,12-14,16-17H,4-6,9-11,15H2,1H3. The van der Waals surface area contributed by atoms with Crippen LogP contribution in [0.15, 0.2) is 54.1 Å². The maximum atomic E-state index is 12.5. The van der Waals surface area contributed by atoms with Crippen molar-refractivity contribution in [2.24, 2.45) is 13.0 Å². The molecule has 3 aromatic heterocycles. The maximum absolute atomic E-state index is 12.5. The van der Waals surface area contributed by atoms with Gasteiger partial charge in [0.05, 0.1) is 12.0 Å². The Balaban J connectivity index is 1.30. The molecule has 0 saturated carbocycles. The van der Waals surface area contributed by atoms with Crippen LogP contribution in [0.2, 0.25) is 0 Å². The molecule has 0 aliphatic carbocycles. The zero-order valence-corrected chi connectivity index (χ0v) is 16.2. The number of imidazole rings is 1. The average Bonchev–Trinajstić information content (AvgIpc) is 3.14. The van der Waals surface area contributed by atoms with Crippen LogP contribution in [0.1, 0.15) is 18.7 Å². The van der Waals surface area contributed by atoms with Gasteiger partial charge < -0.3 is 9.47 Å². The number of aromatic nitrogens is 5. The summed E-state index contributed by atoms with van der Waals surface area (Å²) in [5, 5.41) is 0. The second kappa shape index (κ2) is 8.48. The van der Waals surface area contributed by atoms with Crippen molar-refractivity contribution >= 4 is 0 Å². The Morgan fingerprint density at radius 2 is 2.04 bits per heavy atom. The van der Waals surface area contributed by atoms with Crippen molar-refractivity contribution in [1.29, 1.82) is 0 Å². The van der Waals surface area contributed by atoms with E-state index in [2.05, 4.69) is 24.4 Å². The number of likely N-dealkylation sites (tertiary alicyclic amines) is 1. The summed E-state index contributed by atoms with van der Waals surface area (Å²) in [6.45, 7) is 3.93. The minimum absolute atomic E-state index is 0.00562. The van der Waals surface area contributed by atoms with E-state index < -0.39 is 0 Å². The number of nitrogens with zero attached hydrogens (tertiary/aromatic N) is 6. The van der Waals surface area contributed by atoms with Crippen molar-refractivity contribution in [1.82, 2.24) is 29.0 Å². The summed E-state index contributed by atoms with van der Waals surface area (Å²) < 4.78 is 3.83. The molecule has 0 aromatic carbocycles. The predicted octanol–water partition coefficient (Wildman–Crippen LogP) is 1.99. The quantitative estimate of drug-likeness (QED) is 0.656. The Hall–Kier alpha value is -2.80. The molecule has 0 spiro atoms. The van der Waals surface area contributed by atoms with Crippen molar-refractivity contribution in [2.75, 3.05) is 19.6 Å². The van der Waals surface area contributed by atoms with Crippen molar-refractivity contribution < 1.29 is 0 Å². The molecule has 0 amide bonds. The van der Waals surface area contributed by atoms with E-state index in [4.69, 9.17) is 0 Å². The number of aryl methyl sites for hydroxylation is 1. The van der Waals surface area contributed by atoms with Crippen LogP contribution in [0.25, 0.3) is 11.3 Å². The predicted molar refractivity (Wildman–Crippen MR) is 108 cm³/mol. The zero-order valence-electron chi connectivity index (χ0n) is 16.2. The Morgan fingerprint density at radius 3 is 2.71 bits per heavy atom. The molecule has 1 aliphatic rings. The minimum atomic E-state index is 0.00562. The lowest BCUT2D eigenvalue weighted by molar-refractivity contribution is 0.173. The highest BCUT2D eigenvalue weighted by molar-refractivity contribution is 5.56. The fraction of sp³-hybridized carbons (Fsp3) is 0.429. The first-order chi connectivity index (χ1) is 13.7. The van der Waals surface area contributed by atoms with E-state index in [1.165, 1.54) is 0 Å². The lowest BCUT2D eigenvalue weighted by Gasteiger charge is -2.32. The van der Waals surface area contributed by atoms with Crippen molar-refractivity contribution in [3.05, 3.63) is 65.5 Å². The Labute approximate surface area is 164 Å². The molecule has 0 N–H and O–H groups in total. The van der Waals surface area contributed by atoms with Crippen LogP contribution in [-0.2, 0) is 20.0 Å². The highest BCUT2D eigenvalue weighted by Crippen LogP contribution is 2.19. The number of hydrogen-bond donors (Lipinski definition) is 0. The zero-order chi connectivity index (χ0) is 19.3. The van der Waals surface area contributed by atoms with Gasteiger partial charge in [-0.2, -0.15) is 0 Å². The van der Waals surface area contributed by atoms with Gasteiger partial charge in [-0.15, -0.1) is 0 Å². The largest absolute Gasteiger partial charge is 0.338 e. The first kappa shape index (κ1) is 18.6. The van der Waals surface area contributed by atoms with E-state index in [1.54, 1.807) is 29.4 Å². The van der Waals surface area contributed by atoms with Gasteiger partial charge in [-0.25, -0.2) is 9.97 Å². The molecule has 7 heteroatoms. The summed E-state index contributed by atoms with van der Waals surface area (Å²) in [5.41, 5.74) is 1.55. The third kappa shape index (κ3) is 4.36. The summed E-state index contributed by atoms with van der Waals surface area (Å²) in [6.07, 6.45) is 12.2. The Bertz CT molecular complexity index is 956. The normalized spacial score (nSPS) is 15.8. The SMILES string of the molecule is Cn1ccnc1CCN1CCC(Cn2cnc(-c3cccnc3)cc2=O)CC1. The Kier molecular flexibility index (Phi) is 5.62. The molecule has 4 rings (SSSR count). The van der Waals surface area contributed by atoms with Crippen LogP contribution < -0.4 is 5.56 Å². The van der Waals surface area contributed by atoms with Crippen molar-refractivity contribution in [2.45, 2.75) is 25.8 Å². The molecule has 0 bridgehead atoms. The van der Waals surface area contributed by atoms with Gasteiger partial charge in [0, 0.05) is 63.0 Å². The van der Waals surface area contributed by atoms with Crippen LogP contribution in [0.3, 0.4) is 0 Å². The van der Waals surface area contributed by atoms with E-state index in [1.807, 2.05) is 31.6 Å². The molecule has 0 radical (unpaired) electrons. The number of pyridine rings is 1. The first-order valence-electron chi connectivity index (χ1n) is 9.84. The summed E-state index contributed by atoms with van der Waals surface area (Å²) in [5.74, 6) is 1.65. The second-order valence-electron chi connectivity index (χ2n) is 7.50. The molecule has 1 fully saturated rings. The van der Waals surface area contributed by atoms with Gasteiger partial charge in [-0.1, -0.05) is 0 Å². The topological polar surface area (TPSA) is 68.8 Å². The number of rotatable bonds is 6. The fourth-order valence-corrected chi connectivity index (χ4v) is 3.80. The highest BCUT2D eigenvalue weighted by Gasteiger charge is 2.20. The smallest absolute Gasteiger partial charge is 0.253 e. The van der Waals surface area contributed by atoms with Gasteiger partial charge in [0.1, 0.15) is 5.82 Å². The third-order valence-electron chi connectivity index (χ3n) is 5.57. The van der Waals surface area contributed by atoms with Crippen LogP contribution in [0, 0.1) is 5.92 Å². The summed E-state index contributed by atoms with van der Waals surface area (Å²) in [6, 6.07) is 5.38. The van der Waals surface area contributed by atoms with E-state index >= 15 is 0 Å². The summed E-state index contributed by atoms with van der Waals surface area (Å²) in [4.78, 5) is 27.9. The summed E-state index contributed by atoms with van der Waals surface area (Å²) >= 11 is 0. The molecule has 3 aromatic rings. The Morgan fingerprint density at radius 1 is 1.18 bits per heavy atom. The number of hydrogen-bond acceptors (Lipinski definition) is 5. The molecule has 146 valence electrons. The molecular formula is C21H26N6O. The van der Waals surface area contributed by atoms with E-state index in [9.17, 15) is 4.79 Å². The minimum Gasteiger partial charge on any atom is -0.338 e. The van der Waals surface area contributed by atoms with Gasteiger partial charge in [0.25, 0.3) is 5.56 Å². The van der Waals surface area contributed by atoms with Crippen LogP contribution in [-0.4, -0.2) is 48.6 Å². The second-order valence-corrected chi connectivity index (χ2v) is 7.50. The van der Waals surface area contributed by atoms with Crippen molar-refractivity contribution in [3.8, 4) is 11.3 Å². The molecule has 0 unspecified atom stereocenters. The van der Waals surface area contributed by atoms with Gasteiger partial charge >= 0.3 is 0 Å². The van der Waals surface area contributed by atoms with Gasteiger partial charge in [0.15, 0.2) is 0 Å². The van der Waals surface area contributed by atoms with Crippen LogP contribution >= 0.6 is 0 Å². The lowest BCUT2D eigenvalue weighted by atomic mass is 9.96. The molecule has 4 heterocycles. The summed E-state index contributed by atoms with van der Waals surface area (Å²) in [7, 11) is 2.04. The molecular weight excluding hydrogens is 352 g/mol. The van der Waals surface area contributed by atoms with E-state index in [0.717, 1.165) is 56.8 Å². The third-order valence-corrected chi connectivity index (χ3v) is 5.57. The van der Waals surface area contributed by atoms with E-state index in [0.29, 0.717) is 11.6 Å². The molecule has 28 heavy (non-hydrogen) atoms. The average molecular weight is 378 g/mol.